The van der Waals surface area contributed by atoms with Gasteiger partial charge in [0.2, 0.25) is 0 Å². The minimum atomic E-state index is 0.0338. The van der Waals surface area contributed by atoms with Crippen molar-refractivity contribution >= 4 is 11.9 Å². The maximum Gasteiger partial charge on any atom is 0.306 e. The molecule has 9 unspecified atom stereocenters. The van der Waals surface area contributed by atoms with Crippen molar-refractivity contribution in [2.45, 2.75) is 299 Å². The smallest absolute Gasteiger partial charge is 0.306 e. The van der Waals surface area contributed by atoms with Crippen molar-refractivity contribution < 1.29 is 19.1 Å². The van der Waals surface area contributed by atoms with Gasteiger partial charge in [0, 0.05) is 19.3 Å². The van der Waals surface area contributed by atoms with Gasteiger partial charge in [0.25, 0.3) is 0 Å². The van der Waals surface area contributed by atoms with Gasteiger partial charge in [-0.2, -0.15) is 0 Å². The van der Waals surface area contributed by atoms with Crippen LogP contribution in [0.3, 0.4) is 0 Å². The van der Waals surface area contributed by atoms with E-state index in [1.165, 1.54) is 167 Å². The molecule has 5 nitrogen and oxygen atoms in total. The molecule has 4 aliphatic rings. The lowest BCUT2D eigenvalue weighted by molar-refractivity contribution is -0.152. The molecule has 0 saturated heterocycles. The highest BCUT2D eigenvalue weighted by Gasteiger charge is 2.59. The number of carbonyl (C=O) groups is 2. The molecule has 0 amide bonds. The van der Waals surface area contributed by atoms with Gasteiger partial charge in [-0.05, 0) is 183 Å². The predicted octanol–water partition coefficient (Wildman–Crippen LogP) is 18.8. The fraction of sp³-hybridized carbons (Fsp3) is 0.906. The van der Waals surface area contributed by atoms with E-state index in [-0.39, 0.29) is 29.6 Å². The number of unbranched alkanes of at least 4 members (excludes halogenated alkanes) is 15. The van der Waals surface area contributed by atoms with E-state index in [0.717, 1.165) is 93.4 Å². The van der Waals surface area contributed by atoms with Gasteiger partial charge < -0.3 is 14.4 Å². The minimum absolute atomic E-state index is 0.0338. The second-order valence-electron chi connectivity index (χ2n) is 25.1. The van der Waals surface area contributed by atoms with Crippen molar-refractivity contribution in [2.24, 2.45) is 52.3 Å². The lowest BCUT2D eigenvalue weighted by Gasteiger charge is -2.58. The maximum absolute atomic E-state index is 13.2. The summed E-state index contributed by atoms with van der Waals surface area (Å²) < 4.78 is 12.4. The molecular weight excluding hydrogens is 847 g/mol. The SMILES string of the molecule is C/C=C(\CCC(C)C1CCC2C3CC=C4CC(OC(=O)CCCCCC(CCCCCCC(=O)OC(CCCCCCCC)CCCCCCCC)CCN(C)C)CCC4(C)C3CCC12C)C(C)C. The molecule has 0 heterocycles. The van der Waals surface area contributed by atoms with E-state index >= 15 is 0 Å². The third-order valence-corrected chi connectivity index (χ3v) is 19.4. The first-order chi connectivity index (χ1) is 33.2. The number of fused-ring (bicyclic) bond motifs is 5. The topological polar surface area (TPSA) is 55.8 Å². The maximum atomic E-state index is 13.2. The van der Waals surface area contributed by atoms with Crippen molar-refractivity contribution in [1.29, 1.82) is 0 Å². The highest BCUT2D eigenvalue weighted by molar-refractivity contribution is 5.69. The van der Waals surface area contributed by atoms with Gasteiger partial charge in [-0.15, -0.1) is 0 Å². The zero-order valence-electron chi connectivity index (χ0n) is 47.6. The molecule has 4 rings (SSSR count). The normalized spacial score (nSPS) is 26.7. The van der Waals surface area contributed by atoms with Gasteiger partial charge >= 0.3 is 11.9 Å². The Morgan fingerprint density at radius 2 is 1.25 bits per heavy atom. The fourth-order valence-electron chi connectivity index (χ4n) is 14.9. The zero-order valence-corrected chi connectivity index (χ0v) is 47.6. The third kappa shape index (κ3) is 20.0. The summed E-state index contributed by atoms with van der Waals surface area (Å²) in [5.41, 5.74) is 4.06. The molecule has 0 aromatic rings. The molecule has 5 heteroatoms. The Kier molecular flexibility index (Phi) is 28.3. The molecule has 400 valence electrons. The van der Waals surface area contributed by atoms with E-state index in [2.05, 4.69) is 86.5 Å². The quantitative estimate of drug-likeness (QED) is 0.0353. The number of carbonyl (C=O) groups excluding carboxylic acids is 2. The lowest BCUT2D eigenvalue weighted by Crippen LogP contribution is -2.51. The van der Waals surface area contributed by atoms with Gasteiger partial charge in [0.15, 0.2) is 0 Å². The first-order valence-corrected chi connectivity index (χ1v) is 30.6. The summed E-state index contributed by atoms with van der Waals surface area (Å²) in [6, 6.07) is 0. The molecule has 0 aliphatic heterocycles. The van der Waals surface area contributed by atoms with Crippen LogP contribution in [0.1, 0.15) is 287 Å². The van der Waals surface area contributed by atoms with Crippen LogP contribution in [0, 0.1) is 52.3 Å². The van der Waals surface area contributed by atoms with E-state index < -0.39 is 0 Å². The van der Waals surface area contributed by atoms with E-state index in [0.29, 0.717) is 24.2 Å². The zero-order chi connectivity index (χ0) is 50.1. The number of allylic oxidation sites excluding steroid dienone is 3. The second-order valence-corrected chi connectivity index (χ2v) is 25.1. The molecule has 0 radical (unpaired) electrons. The molecule has 0 aromatic heterocycles. The van der Waals surface area contributed by atoms with Crippen molar-refractivity contribution in [3.63, 3.8) is 0 Å². The van der Waals surface area contributed by atoms with Crippen LogP contribution in [0.4, 0.5) is 0 Å². The third-order valence-electron chi connectivity index (χ3n) is 19.4. The Labute approximate surface area is 429 Å². The van der Waals surface area contributed by atoms with Crippen LogP contribution in [0.2, 0.25) is 0 Å². The molecule has 4 aliphatic carbocycles. The predicted molar refractivity (Wildman–Crippen MR) is 295 cm³/mol. The van der Waals surface area contributed by atoms with Crippen LogP contribution in [0.5, 0.6) is 0 Å². The molecule has 3 fully saturated rings. The summed E-state index contributed by atoms with van der Waals surface area (Å²) in [6.07, 6.45) is 48.2. The summed E-state index contributed by atoms with van der Waals surface area (Å²) in [5.74, 6) is 5.65. The highest BCUT2D eigenvalue weighted by atomic mass is 16.5. The average molecular weight is 963 g/mol. The summed E-state index contributed by atoms with van der Waals surface area (Å²) in [7, 11) is 4.38. The van der Waals surface area contributed by atoms with E-state index in [4.69, 9.17) is 9.47 Å². The van der Waals surface area contributed by atoms with Crippen molar-refractivity contribution in [3.05, 3.63) is 23.3 Å². The molecule has 69 heavy (non-hydrogen) atoms. The fourth-order valence-corrected chi connectivity index (χ4v) is 14.9. The number of ether oxygens (including phenoxy) is 2. The number of nitrogens with zero attached hydrogens (tertiary/aromatic N) is 1. The molecule has 0 bridgehead atoms. The molecule has 9 atom stereocenters. The van der Waals surface area contributed by atoms with Crippen molar-refractivity contribution in [1.82, 2.24) is 4.90 Å². The number of rotatable bonds is 37. The minimum Gasteiger partial charge on any atom is -0.462 e. The lowest BCUT2D eigenvalue weighted by atomic mass is 9.47. The van der Waals surface area contributed by atoms with Gasteiger partial charge in [-0.1, -0.05) is 181 Å². The molecular formula is C64H115NO4. The largest absolute Gasteiger partial charge is 0.462 e. The summed E-state index contributed by atoms with van der Waals surface area (Å²) in [5, 5.41) is 0. The number of hydrogen-bond acceptors (Lipinski definition) is 5. The van der Waals surface area contributed by atoms with Crippen LogP contribution < -0.4 is 0 Å². The summed E-state index contributed by atoms with van der Waals surface area (Å²) in [6.45, 7) is 20.5. The van der Waals surface area contributed by atoms with Crippen LogP contribution in [-0.4, -0.2) is 49.7 Å². The summed E-state index contributed by atoms with van der Waals surface area (Å²) >= 11 is 0. The van der Waals surface area contributed by atoms with Gasteiger partial charge in [0.1, 0.15) is 12.2 Å². The molecule has 0 N–H and O–H groups in total. The van der Waals surface area contributed by atoms with Gasteiger partial charge in [0.05, 0.1) is 0 Å². The number of esters is 2. The molecule has 0 aromatic carbocycles. The van der Waals surface area contributed by atoms with E-state index in [1.54, 1.807) is 11.1 Å². The Balaban J connectivity index is 1.11. The van der Waals surface area contributed by atoms with Gasteiger partial charge in [-0.25, -0.2) is 0 Å². The Hall–Kier alpha value is -1.62. The van der Waals surface area contributed by atoms with Crippen LogP contribution in [0.25, 0.3) is 0 Å². The van der Waals surface area contributed by atoms with Crippen LogP contribution in [-0.2, 0) is 19.1 Å². The van der Waals surface area contributed by atoms with E-state index in [9.17, 15) is 9.59 Å². The number of hydrogen-bond donors (Lipinski definition) is 0. The van der Waals surface area contributed by atoms with E-state index in [1.807, 2.05) is 0 Å². The monoisotopic (exact) mass is 962 g/mol. The first-order valence-electron chi connectivity index (χ1n) is 30.6. The highest BCUT2D eigenvalue weighted by Crippen LogP contribution is 2.67. The van der Waals surface area contributed by atoms with Crippen molar-refractivity contribution in [3.8, 4) is 0 Å². The first kappa shape index (κ1) is 59.9. The van der Waals surface area contributed by atoms with Crippen LogP contribution in [0.15, 0.2) is 23.3 Å². The standard InChI is InChI=1S/C64H115NO4/c1-11-14-16-18-20-27-33-55(34-28-21-19-17-15-12-2)68-61(66)35-29-23-22-25-31-52(45-48-65(9)10)32-26-24-30-36-62(67)69-56-43-46-63(7)54(49-56)39-40-57-59-42-41-58(64(59,8)47-44-60(57)63)51(6)37-38-53(13-3)50(4)5/h13,39,50-52,55-60H,11-12,14-38,40-49H2,1-10H3/b53-13+. The Morgan fingerprint density at radius 1 is 0.667 bits per heavy atom. The average Bonchev–Trinajstić information content (AvgIpc) is 3.68. The molecule has 3 saturated carbocycles. The van der Waals surface area contributed by atoms with Crippen molar-refractivity contribution in [2.75, 3.05) is 20.6 Å². The second kappa shape index (κ2) is 32.5. The summed E-state index contributed by atoms with van der Waals surface area (Å²) in [4.78, 5) is 28.5. The van der Waals surface area contributed by atoms with Gasteiger partial charge in [-0.3, -0.25) is 9.59 Å². The molecule has 0 spiro atoms. The Morgan fingerprint density at radius 3 is 1.86 bits per heavy atom. The Bertz CT molecular complexity index is 1460. The van der Waals surface area contributed by atoms with Crippen LogP contribution >= 0.6 is 0 Å².